The number of hydrogen-bond donors (Lipinski definition) is 0. The predicted octanol–water partition coefficient (Wildman–Crippen LogP) is 4.25. The molecule has 1 aromatic carbocycles. The van der Waals surface area contributed by atoms with Gasteiger partial charge in [-0.2, -0.15) is 0 Å². The Morgan fingerprint density at radius 1 is 1.29 bits per heavy atom. The van der Waals surface area contributed by atoms with Crippen LogP contribution in [0.15, 0.2) is 29.3 Å². The Morgan fingerprint density at radius 2 is 2.08 bits per heavy atom. The zero-order chi connectivity index (χ0) is 17.1. The van der Waals surface area contributed by atoms with Crippen LogP contribution in [0.5, 0.6) is 0 Å². The summed E-state index contributed by atoms with van der Waals surface area (Å²) in [5, 5.41) is 1.95. The Labute approximate surface area is 148 Å². The number of piperidine rings is 1. The summed E-state index contributed by atoms with van der Waals surface area (Å²) in [6.45, 7) is 7.24. The zero-order valence-corrected chi connectivity index (χ0v) is 15.5. The number of nitrogens with zero attached hydrogens (tertiary/aromatic N) is 3. The summed E-state index contributed by atoms with van der Waals surface area (Å²) in [5.74, 6) is 1.78. The Hall–Kier alpha value is -1.62. The number of rotatable bonds is 4. The fraction of sp³-hybridized carbons (Fsp3) is 0.526. The molecule has 0 bridgehead atoms. The molecule has 1 aliphatic heterocycles. The molecular weight excluding hydrogens is 318 g/mol. The van der Waals surface area contributed by atoms with Gasteiger partial charge in [0.05, 0.1) is 11.3 Å². The van der Waals surface area contributed by atoms with Gasteiger partial charge in [-0.3, -0.25) is 4.79 Å². The minimum Gasteiger partial charge on any atom is -0.339 e. The summed E-state index contributed by atoms with van der Waals surface area (Å²) in [4.78, 5) is 24.0. The fourth-order valence-electron chi connectivity index (χ4n) is 3.11. The maximum absolute atomic E-state index is 12.6. The quantitative estimate of drug-likeness (QED) is 0.615. The predicted molar refractivity (Wildman–Crippen MR) is 99.4 cm³/mol. The Bertz CT molecular complexity index is 732. The largest absolute Gasteiger partial charge is 0.339 e. The standard InChI is InChI=1S/C19H25N3OS/c1-13(2)18-20-16-10-5-4-9-15(16)19(21-18)24-12-17(23)22-11-7-6-8-14(22)3/h4-5,9-10,13-14H,6-8,11-12H2,1-3H3. The second kappa shape index (κ2) is 7.51. The molecule has 1 fully saturated rings. The van der Waals surface area contributed by atoms with Crippen molar-refractivity contribution in [1.29, 1.82) is 0 Å². The molecule has 1 aliphatic rings. The van der Waals surface area contributed by atoms with Gasteiger partial charge in [0.2, 0.25) is 5.91 Å². The van der Waals surface area contributed by atoms with E-state index in [1.54, 1.807) is 11.8 Å². The molecule has 128 valence electrons. The lowest BCUT2D eigenvalue weighted by molar-refractivity contribution is -0.131. The van der Waals surface area contributed by atoms with E-state index in [0.29, 0.717) is 11.8 Å². The van der Waals surface area contributed by atoms with Gasteiger partial charge in [-0.15, -0.1) is 0 Å². The monoisotopic (exact) mass is 343 g/mol. The molecule has 2 aromatic rings. The van der Waals surface area contributed by atoms with Crippen LogP contribution in [0.4, 0.5) is 0 Å². The summed E-state index contributed by atoms with van der Waals surface area (Å²) in [7, 11) is 0. The molecule has 2 heterocycles. The highest BCUT2D eigenvalue weighted by molar-refractivity contribution is 8.00. The highest BCUT2D eigenvalue weighted by atomic mass is 32.2. The van der Waals surface area contributed by atoms with Crippen molar-refractivity contribution in [1.82, 2.24) is 14.9 Å². The molecule has 1 amide bonds. The smallest absolute Gasteiger partial charge is 0.233 e. The van der Waals surface area contributed by atoms with Gasteiger partial charge < -0.3 is 4.90 Å². The number of amides is 1. The number of hydrogen-bond acceptors (Lipinski definition) is 4. The third-order valence-electron chi connectivity index (χ3n) is 4.56. The van der Waals surface area contributed by atoms with E-state index < -0.39 is 0 Å². The van der Waals surface area contributed by atoms with Gasteiger partial charge in [0, 0.05) is 23.9 Å². The third-order valence-corrected chi connectivity index (χ3v) is 5.53. The van der Waals surface area contributed by atoms with Crippen molar-refractivity contribution < 1.29 is 4.79 Å². The minimum atomic E-state index is 0.223. The van der Waals surface area contributed by atoms with E-state index in [-0.39, 0.29) is 11.8 Å². The van der Waals surface area contributed by atoms with Crippen LogP contribution in [0, 0.1) is 0 Å². The topological polar surface area (TPSA) is 46.1 Å². The van der Waals surface area contributed by atoms with Crippen molar-refractivity contribution in [2.75, 3.05) is 12.3 Å². The average Bonchev–Trinajstić information content (AvgIpc) is 2.59. The average molecular weight is 343 g/mol. The van der Waals surface area contributed by atoms with Crippen LogP contribution >= 0.6 is 11.8 Å². The summed E-state index contributed by atoms with van der Waals surface area (Å²) in [6.07, 6.45) is 3.46. The molecule has 0 spiro atoms. The van der Waals surface area contributed by atoms with Crippen LogP contribution in [-0.2, 0) is 4.79 Å². The van der Waals surface area contributed by atoms with Crippen molar-refractivity contribution in [2.24, 2.45) is 0 Å². The number of carbonyl (C=O) groups excluding carboxylic acids is 1. The number of para-hydroxylation sites is 1. The first-order chi connectivity index (χ1) is 11.6. The van der Waals surface area contributed by atoms with Crippen molar-refractivity contribution in [3.05, 3.63) is 30.1 Å². The lowest BCUT2D eigenvalue weighted by Gasteiger charge is -2.33. The highest BCUT2D eigenvalue weighted by Crippen LogP contribution is 2.28. The number of carbonyl (C=O) groups is 1. The van der Waals surface area contributed by atoms with Gasteiger partial charge in [-0.25, -0.2) is 9.97 Å². The van der Waals surface area contributed by atoms with Crippen LogP contribution < -0.4 is 0 Å². The number of thioether (sulfide) groups is 1. The van der Waals surface area contributed by atoms with E-state index in [1.807, 2.05) is 29.2 Å². The van der Waals surface area contributed by atoms with E-state index in [1.165, 1.54) is 6.42 Å². The van der Waals surface area contributed by atoms with Gasteiger partial charge in [-0.1, -0.05) is 43.8 Å². The number of fused-ring (bicyclic) bond motifs is 1. The SMILES string of the molecule is CC(C)c1nc(SCC(=O)N2CCCCC2C)c2ccccc2n1. The van der Waals surface area contributed by atoms with Crippen molar-refractivity contribution >= 4 is 28.6 Å². The second-order valence-corrected chi connectivity index (χ2v) is 7.74. The molecule has 0 aliphatic carbocycles. The van der Waals surface area contributed by atoms with Gasteiger partial charge in [-0.05, 0) is 32.3 Å². The van der Waals surface area contributed by atoms with E-state index in [4.69, 9.17) is 4.98 Å². The molecule has 0 N–H and O–H groups in total. The Kier molecular flexibility index (Phi) is 5.39. The maximum atomic E-state index is 12.6. The van der Waals surface area contributed by atoms with Crippen LogP contribution in [0.2, 0.25) is 0 Å². The molecule has 1 saturated heterocycles. The lowest BCUT2D eigenvalue weighted by Crippen LogP contribution is -2.42. The molecule has 24 heavy (non-hydrogen) atoms. The molecule has 3 rings (SSSR count). The zero-order valence-electron chi connectivity index (χ0n) is 14.7. The van der Waals surface area contributed by atoms with E-state index in [9.17, 15) is 4.79 Å². The summed E-state index contributed by atoms with van der Waals surface area (Å²) in [5.41, 5.74) is 0.956. The first kappa shape index (κ1) is 17.2. The summed E-state index contributed by atoms with van der Waals surface area (Å²) >= 11 is 1.54. The van der Waals surface area contributed by atoms with Gasteiger partial charge in [0.25, 0.3) is 0 Å². The minimum absolute atomic E-state index is 0.223. The number of aromatic nitrogens is 2. The van der Waals surface area contributed by atoms with E-state index >= 15 is 0 Å². The molecule has 4 nitrogen and oxygen atoms in total. The molecule has 1 unspecified atom stereocenters. The Balaban J connectivity index is 1.80. The third kappa shape index (κ3) is 3.72. The first-order valence-corrected chi connectivity index (χ1v) is 9.73. The number of benzene rings is 1. The molecular formula is C19H25N3OS. The van der Waals surface area contributed by atoms with Crippen LogP contribution in [0.1, 0.15) is 51.8 Å². The number of likely N-dealkylation sites (tertiary alicyclic amines) is 1. The van der Waals surface area contributed by atoms with Gasteiger partial charge in [0.15, 0.2) is 0 Å². The van der Waals surface area contributed by atoms with Gasteiger partial charge >= 0.3 is 0 Å². The van der Waals surface area contributed by atoms with Crippen molar-refractivity contribution in [2.45, 2.75) is 57.0 Å². The normalized spacial score (nSPS) is 18.3. The summed E-state index contributed by atoms with van der Waals surface area (Å²) in [6, 6.07) is 8.41. The molecule has 5 heteroatoms. The maximum Gasteiger partial charge on any atom is 0.233 e. The van der Waals surface area contributed by atoms with Crippen LogP contribution in [-0.4, -0.2) is 39.1 Å². The van der Waals surface area contributed by atoms with Gasteiger partial charge in [0.1, 0.15) is 10.9 Å². The second-order valence-electron chi connectivity index (χ2n) is 6.78. The Morgan fingerprint density at radius 3 is 2.83 bits per heavy atom. The lowest BCUT2D eigenvalue weighted by atomic mass is 10.0. The molecule has 0 radical (unpaired) electrons. The van der Waals surface area contributed by atoms with Crippen molar-refractivity contribution in [3.63, 3.8) is 0 Å². The van der Waals surface area contributed by atoms with Crippen LogP contribution in [0.3, 0.4) is 0 Å². The molecule has 1 aromatic heterocycles. The molecule has 1 atom stereocenters. The van der Waals surface area contributed by atoms with Crippen LogP contribution in [0.25, 0.3) is 10.9 Å². The summed E-state index contributed by atoms with van der Waals surface area (Å²) < 4.78 is 0. The fourth-order valence-corrected chi connectivity index (χ4v) is 4.03. The van der Waals surface area contributed by atoms with Crippen molar-refractivity contribution in [3.8, 4) is 0 Å². The first-order valence-electron chi connectivity index (χ1n) is 8.75. The highest BCUT2D eigenvalue weighted by Gasteiger charge is 2.23. The molecule has 0 saturated carbocycles. The van der Waals surface area contributed by atoms with E-state index in [2.05, 4.69) is 25.8 Å². The van der Waals surface area contributed by atoms with E-state index in [0.717, 1.165) is 41.1 Å².